The molecular formula is C22H22N4O2. The van der Waals surface area contributed by atoms with Crippen molar-refractivity contribution in [1.29, 1.82) is 0 Å². The van der Waals surface area contributed by atoms with Gasteiger partial charge < -0.3 is 15.0 Å². The standard InChI is InChI=1S/C22H22N4O2/c1-3-20(28)26-11-13-8-16(18(26)9-13)21-12(2)15-10-17(24-25-22(15)23-21)14-6-4-5-7-19(14)27/h3-7,10,13,16,18,27H,1,8-9,11H2,2H3,(H,23,25)/t13-,16-,18-/m0/s1. The first kappa shape index (κ1) is 17.0. The number of carbonyl (C=O) groups is 1. The van der Waals surface area contributed by atoms with E-state index in [-0.39, 0.29) is 23.6 Å². The summed E-state index contributed by atoms with van der Waals surface area (Å²) in [4.78, 5) is 17.7. The zero-order valence-electron chi connectivity index (χ0n) is 15.7. The number of carbonyl (C=O) groups excluding carboxylic acids is 1. The Morgan fingerprint density at radius 3 is 2.89 bits per heavy atom. The highest BCUT2D eigenvalue weighted by molar-refractivity contribution is 5.88. The minimum Gasteiger partial charge on any atom is -0.507 e. The summed E-state index contributed by atoms with van der Waals surface area (Å²) < 4.78 is 0. The lowest BCUT2D eigenvalue weighted by atomic mass is 9.92. The molecule has 2 fully saturated rings. The number of phenols is 1. The Balaban J connectivity index is 1.55. The molecule has 1 amide bonds. The average Bonchev–Trinajstić information content (AvgIpc) is 3.40. The number of H-pyrrole nitrogens is 1. The zero-order chi connectivity index (χ0) is 19.4. The van der Waals surface area contributed by atoms with Gasteiger partial charge in [-0.25, -0.2) is 0 Å². The summed E-state index contributed by atoms with van der Waals surface area (Å²) in [5, 5.41) is 19.8. The van der Waals surface area contributed by atoms with Crippen LogP contribution >= 0.6 is 0 Å². The summed E-state index contributed by atoms with van der Waals surface area (Å²) in [5.41, 5.74) is 4.35. The fourth-order valence-electron chi connectivity index (χ4n) is 5.04. The highest BCUT2D eigenvalue weighted by atomic mass is 16.3. The van der Waals surface area contributed by atoms with E-state index in [0.717, 1.165) is 41.7 Å². The molecule has 1 aliphatic carbocycles. The molecular weight excluding hydrogens is 352 g/mol. The van der Waals surface area contributed by atoms with Crippen molar-refractivity contribution in [2.45, 2.75) is 31.7 Å². The van der Waals surface area contributed by atoms with Gasteiger partial charge in [0.25, 0.3) is 0 Å². The summed E-state index contributed by atoms with van der Waals surface area (Å²) in [5.74, 6) is 1.04. The van der Waals surface area contributed by atoms with Crippen molar-refractivity contribution < 1.29 is 9.90 Å². The van der Waals surface area contributed by atoms with E-state index in [1.807, 2.05) is 23.1 Å². The van der Waals surface area contributed by atoms with Gasteiger partial charge in [-0.2, -0.15) is 0 Å². The minimum atomic E-state index is 0.0209. The number of aryl methyl sites for hydroxylation is 1. The number of amides is 1. The Morgan fingerprint density at radius 1 is 1.32 bits per heavy atom. The number of nitrogens with zero attached hydrogens (tertiary/aromatic N) is 3. The number of piperidine rings is 1. The lowest BCUT2D eigenvalue weighted by molar-refractivity contribution is -0.127. The smallest absolute Gasteiger partial charge is 0.246 e. The molecule has 2 aromatic heterocycles. The van der Waals surface area contributed by atoms with Crippen molar-refractivity contribution in [2.75, 3.05) is 6.54 Å². The number of fused-ring (bicyclic) bond motifs is 3. The highest BCUT2D eigenvalue weighted by Gasteiger charge is 2.47. The van der Waals surface area contributed by atoms with Gasteiger partial charge in [-0.3, -0.25) is 4.79 Å². The molecule has 3 heterocycles. The summed E-state index contributed by atoms with van der Waals surface area (Å²) in [6.07, 6.45) is 3.55. The number of para-hydroxylation sites is 1. The van der Waals surface area contributed by atoms with E-state index in [1.165, 1.54) is 6.08 Å². The summed E-state index contributed by atoms with van der Waals surface area (Å²) >= 11 is 0. The maximum absolute atomic E-state index is 12.2. The number of benzene rings is 1. The maximum atomic E-state index is 12.2. The Morgan fingerprint density at radius 2 is 2.14 bits per heavy atom. The van der Waals surface area contributed by atoms with Crippen LogP contribution in [0.2, 0.25) is 0 Å². The van der Waals surface area contributed by atoms with Crippen LogP contribution in [-0.4, -0.2) is 43.7 Å². The predicted octanol–water partition coefficient (Wildman–Crippen LogP) is 3.53. The van der Waals surface area contributed by atoms with Crippen molar-refractivity contribution >= 4 is 16.9 Å². The second-order valence-electron chi connectivity index (χ2n) is 7.88. The molecule has 2 aliphatic rings. The van der Waals surface area contributed by atoms with E-state index in [0.29, 0.717) is 17.2 Å². The molecule has 28 heavy (non-hydrogen) atoms. The van der Waals surface area contributed by atoms with Gasteiger partial charge in [0.1, 0.15) is 5.75 Å². The van der Waals surface area contributed by atoms with Crippen LogP contribution in [0, 0.1) is 12.8 Å². The number of rotatable bonds is 3. The summed E-state index contributed by atoms with van der Waals surface area (Å²) in [6, 6.07) is 9.34. The van der Waals surface area contributed by atoms with Gasteiger partial charge in [-0.1, -0.05) is 18.7 Å². The lowest BCUT2D eigenvalue weighted by Gasteiger charge is -2.32. The third-order valence-corrected chi connectivity index (χ3v) is 6.35. The molecule has 1 aliphatic heterocycles. The number of likely N-dealkylation sites (tertiary alicyclic amines) is 1. The van der Waals surface area contributed by atoms with Crippen LogP contribution in [0.15, 0.2) is 43.0 Å². The SMILES string of the molecule is C=CC(=O)N1C[C@H]2C[C@H](c3[nH]c4nnc(-c5ccccc5O)cc4c3C)[C@@H]1C2. The van der Waals surface area contributed by atoms with Crippen molar-refractivity contribution in [3.05, 3.63) is 54.2 Å². The maximum Gasteiger partial charge on any atom is 0.246 e. The third kappa shape index (κ3) is 2.44. The molecule has 0 unspecified atom stereocenters. The Hall–Kier alpha value is -3.15. The van der Waals surface area contributed by atoms with Gasteiger partial charge in [-0.15, -0.1) is 10.2 Å². The van der Waals surface area contributed by atoms with Crippen LogP contribution in [0.1, 0.15) is 30.0 Å². The number of nitrogens with one attached hydrogen (secondary N) is 1. The first-order valence-corrected chi connectivity index (χ1v) is 9.64. The predicted molar refractivity (Wildman–Crippen MR) is 107 cm³/mol. The van der Waals surface area contributed by atoms with E-state index >= 15 is 0 Å². The quantitative estimate of drug-likeness (QED) is 0.687. The third-order valence-electron chi connectivity index (χ3n) is 6.35. The monoisotopic (exact) mass is 374 g/mol. The van der Waals surface area contributed by atoms with Crippen molar-refractivity contribution in [2.24, 2.45) is 5.92 Å². The van der Waals surface area contributed by atoms with Crippen LogP contribution in [0.3, 0.4) is 0 Å². The normalized spacial score (nSPS) is 23.5. The Kier molecular flexibility index (Phi) is 3.75. The Bertz CT molecular complexity index is 1100. The minimum absolute atomic E-state index is 0.0209. The number of hydrogen-bond acceptors (Lipinski definition) is 4. The van der Waals surface area contributed by atoms with Gasteiger partial charge in [-0.05, 0) is 55.5 Å². The summed E-state index contributed by atoms with van der Waals surface area (Å²) in [7, 11) is 0. The molecule has 1 saturated heterocycles. The number of hydrogen-bond donors (Lipinski definition) is 2. The van der Waals surface area contributed by atoms with E-state index < -0.39 is 0 Å². The van der Waals surface area contributed by atoms with Crippen LogP contribution < -0.4 is 0 Å². The molecule has 6 heteroatoms. The fourth-order valence-corrected chi connectivity index (χ4v) is 5.04. The number of aromatic amines is 1. The second-order valence-corrected chi connectivity index (χ2v) is 7.88. The molecule has 1 saturated carbocycles. The molecule has 5 rings (SSSR count). The highest BCUT2D eigenvalue weighted by Crippen LogP contribution is 2.48. The number of phenolic OH excluding ortho intramolecular Hbond substituents is 1. The molecule has 142 valence electrons. The molecule has 3 atom stereocenters. The van der Waals surface area contributed by atoms with Crippen LogP contribution in [-0.2, 0) is 4.79 Å². The van der Waals surface area contributed by atoms with E-state index in [4.69, 9.17) is 0 Å². The molecule has 1 aromatic carbocycles. The second kappa shape index (κ2) is 6.19. The number of aromatic nitrogens is 3. The zero-order valence-corrected chi connectivity index (χ0v) is 15.7. The van der Waals surface area contributed by atoms with Crippen molar-refractivity contribution in [1.82, 2.24) is 20.1 Å². The van der Waals surface area contributed by atoms with Gasteiger partial charge in [0.2, 0.25) is 5.91 Å². The fraction of sp³-hybridized carbons (Fsp3) is 0.318. The molecule has 2 bridgehead atoms. The molecule has 0 radical (unpaired) electrons. The Labute approximate surface area is 162 Å². The van der Waals surface area contributed by atoms with Gasteiger partial charge >= 0.3 is 0 Å². The first-order valence-electron chi connectivity index (χ1n) is 9.64. The number of aromatic hydroxyl groups is 1. The lowest BCUT2D eigenvalue weighted by Crippen LogP contribution is -2.40. The molecule has 0 spiro atoms. The van der Waals surface area contributed by atoms with Crippen LogP contribution in [0.4, 0.5) is 0 Å². The summed E-state index contributed by atoms with van der Waals surface area (Å²) in [6.45, 7) is 6.58. The average molecular weight is 374 g/mol. The van der Waals surface area contributed by atoms with Gasteiger partial charge in [0.05, 0.1) is 5.69 Å². The molecule has 2 N–H and O–H groups in total. The van der Waals surface area contributed by atoms with E-state index in [2.05, 4.69) is 28.7 Å². The molecule has 3 aromatic rings. The largest absolute Gasteiger partial charge is 0.507 e. The van der Waals surface area contributed by atoms with Gasteiger partial charge in [0.15, 0.2) is 5.65 Å². The van der Waals surface area contributed by atoms with Crippen molar-refractivity contribution in [3.63, 3.8) is 0 Å². The van der Waals surface area contributed by atoms with Crippen LogP contribution in [0.5, 0.6) is 5.75 Å². The topological polar surface area (TPSA) is 82.1 Å². The molecule has 6 nitrogen and oxygen atoms in total. The van der Waals surface area contributed by atoms with Crippen LogP contribution in [0.25, 0.3) is 22.3 Å². The van der Waals surface area contributed by atoms with E-state index in [9.17, 15) is 9.90 Å². The van der Waals surface area contributed by atoms with E-state index in [1.54, 1.807) is 12.1 Å². The van der Waals surface area contributed by atoms with Crippen molar-refractivity contribution in [3.8, 4) is 17.0 Å². The van der Waals surface area contributed by atoms with Gasteiger partial charge in [0, 0.05) is 35.1 Å². The first-order chi connectivity index (χ1) is 13.6.